The van der Waals surface area contributed by atoms with Crippen LogP contribution in [0.1, 0.15) is 85.0 Å². The predicted octanol–water partition coefficient (Wildman–Crippen LogP) is 6.55. The lowest BCUT2D eigenvalue weighted by molar-refractivity contribution is -0.187. The maximum Gasteiger partial charge on any atom is 0.348 e. The monoisotopic (exact) mass is 869 g/mol. The van der Waals surface area contributed by atoms with E-state index in [4.69, 9.17) is 14.2 Å². The number of fused-ring (bicyclic) bond motifs is 1. The number of hydrogen-bond donors (Lipinski definition) is 5. The number of carboxylic acids is 2. The normalized spacial score (nSPS) is 14.7. The van der Waals surface area contributed by atoms with Gasteiger partial charge >= 0.3 is 17.9 Å². The maximum atomic E-state index is 13.6. The molecule has 6 rings (SSSR count). The smallest absolute Gasteiger partial charge is 0.348 e. The Hall–Kier alpha value is -7.67. The Morgan fingerprint density at radius 2 is 1.27 bits per heavy atom. The molecular weight excluding hydrogens is 823 g/mol. The van der Waals surface area contributed by atoms with Crippen LogP contribution in [0.15, 0.2) is 108 Å². The second kappa shape index (κ2) is 19.6. The summed E-state index contributed by atoms with van der Waals surface area (Å²) in [6.07, 6.45) is 1.75. The summed E-state index contributed by atoms with van der Waals surface area (Å²) in [5, 5.41) is 53.1. The molecule has 1 aromatic heterocycles. The number of hydrogen-bond acceptors (Lipinski definition) is 13. The molecule has 0 fully saturated rings. The summed E-state index contributed by atoms with van der Waals surface area (Å²) in [4.78, 5) is 67.3. The quantitative estimate of drug-likeness (QED) is 0.0451. The lowest BCUT2D eigenvalue weighted by Crippen LogP contribution is -2.71. The molecule has 3 atom stereocenters. The molecule has 0 unspecified atom stereocenters. The summed E-state index contributed by atoms with van der Waals surface area (Å²) in [7, 11) is 1.55. The zero-order valence-corrected chi connectivity index (χ0v) is 36.2. The zero-order chi connectivity index (χ0) is 47.1. The molecule has 15 heteroatoms. The lowest BCUT2D eigenvalue weighted by atomic mass is 9.73. The van der Waals surface area contributed by atoms with Crippen LogP contribution >= 0.6 is 0 Å². The van der Waals surface area contributed by atoms with Crippen molar-refractivity contribution in [2.24, 2.45) is 0 Å². The third-order valence-electron chi connectivity index (χ3n) is 10.7. The molecule has 0 radical (unpaired) electrons. The van der Waals surface area contributed by atoms with E-state index in [1.807, 2.05) is 58.0 Å². The molecule has 15 nitrogen and oxygen atoms in total. The number of rotatable bonds is 14. The summed E-state index contributed by atoms with van der Waals surface area (Å²) < 4.78 is 17.4. The van der Waals surface area contributed by atoms with Gasteiger partial charge in [0.1, 0.15) is 12.4 Å². The molecule has 0 spiro atoms. The first kappa shape index (κ1) is 47.4. The minimum Gasteiger partial charge on any atom is -0.496 e. The molecule has 64 heavy (non-hydrogen) atoms. The molecule has 2 heterocycles. The van der Waals surface area contributed by atoms with Crippen LogP contribution in [0.5, 0.6) is 11.6 Å². The Balaban J connectivity index is 0.000000249. The van der Waals surface area contributed by atoms with Crippen molar-refractivity contribution < 1.29 is 58.6 Å². The summed E-state index contributed by atoms with van der Waals surface area (Å²) >= 11 is 0. The zero-order valence-electron chi connectivity index (χ0n) is 36.2. The fraction of sp³-hybridized carbons (Fsp3) is 0.245. The first-order chi connectivity index (χ1) is 30.3. The molecular formula is C49H47N3O12. The van der Waals surface area contributed by atoms with Gasteiger partial charge in [-0.25, -0.2) is 19.4 Å². The number of benzene rings is 4. The number of Topliss-reactive ketones (excluding diaryl/α,β-unsaturated/α-hetero) is 2. The van der Waals surface area contributed by atoms with E-state index in [9.17, 15) is 49.7 Å². The third kappa shape index (κ3) is 9.24. The molecule has 5 aromatic rings. The number of esters is 1. The number of anilines is 1. The summed E-state index contributed by atoms with van der Waals surface area (Å²) in [6.45, 7) is 11.6. The van der Waals surface area contributed by atoms with E-state index >= 15 is 0 Å². The van der Waals surface area contributed by atoms with E-state index in [0.29, 0.717) is 51.8 Å². The van der Waals surface area contributed by atoms with Gasteiger partial charge in [0.15, 0.2) is 0 Å². The second-order valence-corrected chi connectivity index (χ2v) is 15.1. The van der Waals surface area contributed by atoms with Crippen LogP contribution < -0.4 is 14.8 Å². The largest absolute Gasteiger partial charge is 0.496 e. The van der Waals surface area contributed by atoms with E-state index in [0.717, 1.165) is 52.2 Å². The highest BCUT2D eigenvalue weighted by atomic mass is 16.5. The third-order valence-corrected chi connectivity index (χ3v) is 10.7. The molecule has 0 bridgehead atoms. The van der Waals surface area contributed by atoms with Crippen LogP contribution in [0, 0.1) is 39.0 Å². The van der Waals surface area contributed by atoms with Crippen molar-refractivity contribution in [3.8, 4) is 17.7 Å². The summed E-state index contributed by atoms with van der Waals surface area (Å²) in [5.74, 6) is -8.12. The average Bonchev–Trinajstić information content (AvgIpc) is 3.28. The number of pyridine rings is 1. The fourth-order valence-electron chi connectivity index (χ4n) is 7.08. The number of aromatic nitrogens is 1. The molecule has 0 saturated heterocycles. The first-order valence-corrected chi connectivity index (χ1v) is 19.9. The van der Waals surface area contributed by atoms with E-state index in [-0.39, 0.29) is 17.7 Å². The van der Waals surface area contributed by atoms with E-state index in [1.165, 1.54) is 24.3 Å². The fourth-order valence-corrected chi connectivity index (χ4v) is 7.08. The van der Waals surface area contributed by atoms with Crippen molar-refractivity contribution >= 4 is 35.2 Å². The van der Waals surface area contributed by atoms with Crippen LogP contribution in [0.2, 0.25) is 0 Å². The Kier molecular flexibility index (Phi) is 14.5. The number of ether oxygens (including phenoxy) is 3. The number of allylic oxidation sites excluding steroid dienone is 1. The number of carbonyl (C=O) groups is 5. The highest BCUT2D eigenvalue weighted by molar-refractivity contribution is 6.28. The average molecular weight is 870 g/mol. The summed E-state index contributed by atoms with van der Waals surface area (Å²) in [5.41, 5.74) is -0.481. The van der Waals surface area contributed by atoms with Crippen molar-refractivity contribution in [2.75, 3.05) is 19.0 Å². The number of carboxylic acid groups (broad SMARTS) is 2. The van der Waals surface area contributed by atoms with E-state index in [2.05, 4.69) is 16.4 Å². The summed E-state index contributed by atoms with van der Waals surface area (Å²) in [6, 6.07) is 25.5. The van der Waals surface area contributed by atoms with Gasteiger partial charge in [-0.3, -0.25) is 9.59 Å². The van der Waals surface area contributed by atoms with Gasteiger partial charge in [0, 0.05) is 28.6 Å². The standard InChI is InChI=1S/C29H29N3O4.C20H18O8/c1-6-35-28-26-25(22-12-11-21(14-30)13-23(22)34-5)24(19(4)32-27(26)18(3)15-31-28)29(33)36-16-20-9-7-17(2)8-10-20;1-11-3-7-13(8-4-11)15(21)19(27,17(23)24)20(28,18(25)26)16(22)14-9-5-12(2)6-10-14/h7-13,15,25,32H,6,16H2,1-5H3;3-10,27-28H,1-2H3,(H,23,24)(H,25,26)/t25-;19-,20-/m10/s1. The van der Waals surface area contributed by atoms with E-state index in [1.54, 1.807) is 39.3 Å². The van der Waals surface area contributed by atoms with Crippen molar-refractivity contribution in [3.05, 3.63) is 164 Å². The van der Waals surface area contributed by atoms with Gasteiger partial charge in [-0.15, -0.1) is 0 Å². The molecule has 1 aliphatic rings. The number of aliphatic hydroxyl groups is 2. The molecule has 1 aliphatic heterocycles. The van der Waals surface area contributed by atoms with Crippen LogP contribution in [0.4, 0.5) is 5.69 Å². The molecule has 5 N–H and O–H groups in total. The Morgan fingerprint density at radius 3 is 1.72 bits per heavy atom. The van der Waals surface area contributed by atoms with Gasteiger partial charge in [0.25, 0.3) is 11.2 Å². The van der Waals surface area contributed by atoms with Crippen molar-refractivity contribution in [3.63, 3.8) is 0 Å². The number of ketones is 2. The van der Waals surface area contributed by atoms with Gasteiger partial charge in [-0.1, -0.05) is 95.6 Å². The lowest BCUT2D eigenvalue weighted by Gasteiger charge is -2.34. The van der Waals surface area contributed by atoms with Crippen molar-refractivity contribution in [1.29, 1.82) is 5.26 Å². The molecule has 0 saturated carbocycles. The number of methoxy groups -OCH3 is 1. The van der Waals surface area contributed by atoms with Crippen molar-refractivity contribution in [1.82, 2.24) is 4.98 Å². The first-order valence-electron chi connectivity index (χ1n) is 19.9. The number of aliphatic carboxylic acids is 2. The van der Waals surface area contributed by atoms with E-state index < -0.39 is 46.6 Å². The molecule has 0 amide bonds. The SMILES string of the molecule is CCOc1ncc(C)c2c1[C@H](c1ccc(C#N)cc1OC)C(C(=O)OCc1ccc(C)cc1)=C(C)N2.Cc1ccc(C(=O)[C@](O)(C(=O)O)[C@@](O)(C(=O)O)C(=O)c2ccc(C)cc2)cc1. The topological polar surface area (TPSA) is 243 Å². The number of nitrogens with zero attached hydrogens (tertiary/aromatic N) is 2. The minimum atomic E-state index is -3.96. The molecule has 330 valence electrons. The van der Waals surface area contributed by atoms with Gasteiger partial charge in [0.2, 0.25) is 17.4 Å². The maximum absolute atomic E-state index is 13.6. The number of aryl methyl sites for hydroxylation is 4. The number of nitriles is 1. The number of carbonyl (C=O) groups excluding carboxylic acids is 3. The predicted molar refractivity (Wildman–Crippen MR) is 233 cm³/mol. The van der Waals surface area contributed by atoms with Crippen molar-refractivity contribution in [2.45, 2.75) is 65.3 Å². The highest BCUT2D eigenvalue weighted by Gasteiger charge is 2.70. The van der Waals surface area contributed by atoms with Crippen LogP contribution in [-0.2, 0) is 25.7 Å². The Morgan fingerprint density at radius 1 is 0.766 bits per heavy atom. The minimum absolute atomic E-state index is 0.143. The van der Waals surface area contributed by atoms with Gasteiger partial charge in [-0.2, -0.15) is 5.26 Å². The molecule has 4 aromatic carbocycles. The second-order valence-electron chi connectivity index (χ2n) is 15.1. The Labute approximate surface area is 369 Å². The Bertz CT molecular complexity index is 2610. The van der Waals surface area contributed by atoms with Crippen LogP contribution in [-0.4, -0.2) is 79.8 Å². The van der Waals surface area contributed by atoms with Crippen LogP contribution in [0.3, 0.4) is 0 Å². The van der Waals surface area contributed by atoms with Crippen LogP contribution in [0.25, 0.3) is 0 Å². The number of nitrogens with one attached hydrogen (secondary N) is 1. The van der Waals surface area contributed by atoms with Gasteiger partial charge in [-0.05, 0) is 64.8 Å². The van der Waals surface area contributed by atoms with Gasteiger partial charge < -0.3 is 40.0 Å². The van der Waals surface area contributed by atoms with Gasteiger partial charge in [0.05, 0.1) is 48.1 Å². The molecule has 0 aliphatic carbocycles. The highest BCUT2D eigenvalue weighted by Crippen LogP contribution is 2.49.